The van der Waals surface area contributed by atoms with Gasteiger partial charge in [0.25, 0.3) is 0 Å². The zero-order chi connectivity index (χ0) is 12.4. The van der Waals surface area contributed by atoms with Crippen molar-refractivity contribution in [1.29, 1.82) is 0 Å². The number of aryl methyl sites for hydroxylation is 1. The molecule has 0 saturated carbocycles. The molecule has 4 heteroatoms. The van der Waals surface area contributed by atoms with Gasteiger partial charge in [-0.05, 0) is 30.7 Å². The minimum atomic E-state index is 0.568. The number of benzene rings is 2. The molecule has 17 heavy (non-hydrogen) atoms. The molecule has 0 amide bonds. The highest BCUT2D eigenvalue weighted by molar-refractivity contribution is 6.39. The molecule has 0 saturated heterocycles. The molecule has 0 aliphatic rings. The predicted octanol–water partition coefficient (Wildman–Crippen LogP) is 4.63. The molecule has 3 N–H and O–H groups in total. The third kappa shape index (κ3) is 2.48. The van der Waals surface area contributed by atoms with Crippen LogP contribution in [0.15, 0.2) is 36.4 Å². The second kappa shape index (κ2) is 4.86. The van der Waals surface area contributed by atoms with Crippen LogP contribution in [-0.4, -0.2) is 0 Å². The van der Waals surface area contributed by atoms with E-state index in [2.05, 4.69) is 5.32 Å². The maximum absolute atomic E-state index is 6.08. The Morgan fingerprint density at radius 1 is 1.00 bits per heavy atom. The minimum Gasteiger partial charge on any atom is -0.397 e. The number of anilines is 3. The van der Waals surface area contributed by atoms with Crippen molar-refractivity contribution < 1.29 is 0 Å². The van der Waals surface area contributed by atoms with Gasteiger partial charge in [-0.3, -0.25) is 0 Å². The molecule has 2 aromatic rings. The van der Waals surface area contributed by atoms with Crippen LogP contribution in [0.1, 0.15) is 5.56 Å². The fourth-order valence-electron chi connectivity index (χ4n) is 1.54. The highest BCUT2D eigenvalue weighted by Gasteiger charge is 2.08. The molecule has 0 aromatic heterocycles. The largest absolute Gasteiger partial charge is 0.397 e. The van der Waals surface area contributed by atoms with E-state index in [4.69, 9.17) is 28.9 Å². The molecule has 0 fully saturated rings. The first kappa shape index (κ1) is 12.1. The molecule has 2 nitrogen and oxygen atoms in total. The summed E-state index contributed by atoms with van der Waals surface area (Å²) in [6, 6.07) is 11.1. The van der Waals surface area contributed by atoms with Crippen LogP contribution in [0.3, 0.4) is 0 Å². The van der Waals surface area contributed by atoms with Gasteiger partial charge in [0, 0.05) is 0 Å². The van der Waals surface area contributed by atoms with Crippen LogP contribution in [0.4, 0.5) is 17.1 Å². The number of hydrogen-bond donors (Lipinski definition) is 2. The van der Waals surface area contributed by atoms with Gasteiger partial charge in [0.05, 0.1) is 27.1 Å². The van der Waals surface area contributed by atoms with Crippen LogP contribution in [0.25, 0.3) is 0 Å². The summed E-state index contributed by atoms with van der Waals surface area (Å²) in [5.74, 6) is 0. The molecule has 0 bridgehead atoms. The van der Waals surface area contributed by atoms with Crippen molar-refractivity contribution in [2.75, 3.05) is 11.1 Å². The first-order chi connectivity index (χ1) is 8.09. The quantitative estimate of drug-likeness (QED) is 0.778. The van der Waals surface area contributed by atoms with E-state index in [9.17, 15) is 0 Å². The van der Waals surface area contributed by atoms with Gasteiger partial charge in [0.2, 0.25) is 0 Å². The topological polar surface area (TPSA) is 38.0 Å². The van der Waals surface area contributed by atoms with Gasteiger partial charge < -0.3 is 11.1 Å². The lowest BCUT2D eigenvalue weighted by molar-refractivity contribution is 1.45. The molecule has 0 aliphatic heterocycles. The summed E-state index contributed by atoms with van der Waals surface area (Å²) in [5, 5.41) is 4.30. The van der Waals surface area contributed by atoms with E-state index in [1.165, 1.54) is 0 Å². The SMILES string of the molecule is Cc1cccc(Nc2c(Cl)cccc2Cl)c1N. The number of rotatable bonds is 2. The Morgan fingerprint density at radius 3 is 2.24 bits per heavy atom. The summed E-state index contributed by atoms with van der Waals surface area (Å²) in [5.41, 5.74) is 9.17. The lowest BCUT2D eigenvalue weighted by Crippen LogP contribution is -1.99. The zero-order valence-electron chi connectivity index (χ0n) is 9.30. The first-order valence-corrected chi connectivity index (χ1v) is 5.91. The normalized spacial score (nSPS) is 10.3. The zero-order valence-corrected chi connectivity index (χ0v) is 10.8. The number of para-hydroxylation sites is 2. The van der Waals surface area contributed by atoms with Crippen LogP contribution in [0.5, 0.6) is 0 Å². The highest BCUT2D eigenvalue weighted by atomic mass is 35.5. The average Bonchev–Trinajstić information content (AvgIpc) is 2.29. The number of hydrogen-bond acceptors (Lipinski definition) is 2. The summed E-state index contributed by atoms with van der Waals surface area (Å²) >= 11 is 12.2. The van der Waals surface area contributed by atoms with Crippen molar-refractivity contribution in [2.24, 2.45) is 0 Å². The summed E-state index contributed by atoms with van der Waals surface area (Å²) < 4.78 is 0. The van der Waals surface area contributed by atoms with Crippen molar-refractivity contribution >= 4 is 40.3 Å². The van der Waals surface area contributed by atoms with E-state index in [0.717, 1.165) is 11.3 Å². The van der Waals surface area contributed by atoms with E-state index < -0.39 is 0 Å². The van der Waals surface area contributed by atoms with Gasteiger partial charge in [-0.1, -0.05) is 41.4 Å². The number of nitrogens with two attached hydrogens (primary N) is 1. The van der Waals surface area contributed by atoms with Crippen LogP contribution >= 0.6 is 23.2 Å². The smallest absolute Gasteiger partial charge is 0.0763 e. The molecular formula is C13H12Cl2N2. The molecule has 0 heterocycles. The first-order valence-electron chi connectivity index (χ1n) is 5.15. The Morgan fingerprint density at radius 2 is 1.59 bits per heavy atom. The van der Waals surface area contributed by atoms with E-state index in [-0.39, 0.29) is 0 Å². The fourth-order valence-corrected chi connectivity index (χ4v) is 2.03. The standard InChI is InChI=1S/C13H12Cl2N2/c1-8-4-2-7-11(12(8)16)17-13-9(14)5-3-6-10(13)15/h2-7,17H,16H2,1H3. The van der Waals surface area contributed by atoms with Crippen LogP contribution < -0.4 is 11.1 Å². The summed E-state index contributed by atoms with van der Waals surface area (Å²) in [6.07, 6.45) is 0. The lowest BCUT2D eigenvalue weighted by Gasteiger charge is -2.13. The maximum atomic E-state index is 6.08. The molecule has 0 unspecified atom stereocenters. The second-order valence-corrected chi connectivity index (χ2v) is 4.57. The monoisotopic (exact) mass is 266 g/mol. The molecule has 88 valence electrons. The van der Waals surface area contributed by atoms with Crippen LogP contribution in [0, 0.1) is 6.92 Å². The van der Waals surface area contributed by atoms with Gasteiger partial charge >= 0.3 is 0 Å². The van der Waals surface area contributed by atoms with Crippen molar-refractivity contribution in [1.82, 2.24) is 0 Å². The van der Waals surface area contributed by atoms with Gasteiger partial charge in [-0.2, -0.15) is 0 Å². The molecule has 0 atom stereocenters. The van der Waals surface area contributed by atoms with Crippen molar-refractivity contribution in [3.63, 3.8) is 0 Å². The second-order valence-electron chi connectivity index (χ2n) is 3.76. The number of nitrogens with one attached hydrogen (secondary N) is 1. The molecule has 0 aliphatic carbocycles. The van der Waals surface area contributed by atoms with Gasteiger partial charge in [-0.25, -0.2) is 0 Å². The van der Waals surface area contributed by atoms with Gasteiger partial charge in [0.15, 0.2) is 0 Å². The molecule has 2 aromatic carbocycles. The number of nitrogen functional groups attached to an aromatic ring is 1. The van der Waals surface area contributed by atoms with Crippen molar-refractivity contribution in [3.05, 3.63) is 52.0 Å². The van der Waals surface area contributed by atoms with Gasteiger partial charge in [0.1, 0.15) is 0 Å². The Kier molecular flexibility index (Phi) is 3.46. The highest BCUT2D eigenvalue weighted by Crippen LogP contribution is 2.34. The van der Waals surface area contributed by atoms with E-state index in [0.29, 0.717) is 21.4 Å². The van der Waals surface area contributed by atoms with Crippen LogP contribution in [-0.2, 0) is 0 Å². The van der Waals surface area contributed by atoms with Crippen molar-refractivity contribution in [3.8, 4) is 0 Å². The Bertz CT molecular complexity index is 533. The lowest BCUT2D eigenvalue weighted by atomic mass is 10.1. The maximum Gasteiger partial charge on any atom is 0.0763 e. The minimum absolute atomic E-state index is 0.568. The Balaban J connectivity index is 2.42. The van der Waals surface area contributed by atoms with Crippen LogP contribution in [0.2, 0.25) is 10.0 Å². The fraction of sp³-hybridized carbons (Fsp3) is 0.0769. The number of halogens is 2. The van der Waals surface area contributed by atoms with E-state index in [1.807, 2.05) is 25.1 Å². The molecule has 0 radical (unpaired) electrons. The van der Waals surface area contributed by atoms with Gasteiger partial charge in [-0.15, -0.1) is 0 Å². The molecule has 0 spiro atoms. The third-order valence-electron chi connectivity index (χ3n) is 2.55. The third-order valence-corrected chi connectivity index (χ3v) is 3.18. The van der Waals surface area contributed by atoms with E-state index >= 15 is 0 Å². The average molecular weight is 267 g/mol. The predicted molar refractivity (Wildman–Crippen MR) is 75.3 cm³/mol. The summed E-state index contributed by atoms with van der Waals surface area (Å²) in [6.45, 7) is 1.95. The summed E-state index contributed by atoms with van der Waals surface area (Å²) in [7, 11) is 0. The Hall–Kier alpha value is -1.38. The van der Waals surface area contributed by atoms with E-state index in [1.54, 1.807) is 18.2 Å². The Labute approximate surface area is 110 Å². The molecule has 2 rings (SSSR count). The summed E-state index contributed by atoms with van der Waals surface area (Å²) in [4.78, 5) is 0. The molecular weight excluding hydrogens is 255 g/mol. The van der Waals surface area contributed by atoms with Crippen molar-refractivity contribution in [2.45, 2.75) is 6.92 Å².